The third-order valence-corrected chi connectivity index (χ3v) is 5.93. The molecule has 1 aliphatic heterocycles. The monoisotopic (exact) mass is 561 g/mol. The Hall–Kier alpha value is -3.07. The van der Waals surface area contributed by atoms with Crippen molar-refractivity contribution in [2.75, 3.05) is 33.9 Å². The van der Waals surface area contributed by atoms with Gasteiger partial charge < -0.3 is 24.4 Å². The first kappa shape index (κ1) is 29.2. The van der Waals surface area contributed by atoms with Crippen molar-refractivity contribution in [2.45, 2.75) is 46.6 Å². The number of hydrogen-bond acceptors (Lipinski definition) is 6. The number of halogens is 1. The lowest BCUT2D eigenvalue weighted by Gasteiger charge is -2.25. The lowest BCUT2D eigenvalue weighted by molar-refractivity contribution is 0.0952. The molecule has 196 valence electrons. The maximum Gasteiger partial charge on any atom is 0.254 e. The van der Waals surface area contributed by atoms with E-state index in [9.17, 15) is 9.59 Å². The van der Waals surface area contributed by atoms with Crippen LogP contribution in [0.5, 0.6) is 17.2 Å². The highest BCUT2D eigenvalue weighted by atomic mass is 79.9. The second-order valence-corrected chi connectivity index (χ2v) is 9.38. The van der Waals surface area contributed by atoms with Gasteiger partial charge in [-0.15, -0.1) is 17.0 Å². The van der Waals surface area contributed by atoms with Gasteiger partial charge in [0, 0.05) is 30.3 Å². The standard InChI is InChI=1S/C27H35N3O5.BrH/c1-8-34-22-12-17-14-30(25(28)18(17)13-19(22)26(32)29-6)15-21(31)16-10-20(27(3,4)5)24(33-7)23(11-16)35-9-2;/h10-13,28H,8-9,14-15H2,1-7H3,(H,29,32);1H. The van der Waals surface area contributed by atoms with Crippen LogP contribution < -0.4 is 19.5 Å². The lowest BCUT2D eigenvalue weighted by Crippen LogP contribution is -2.30. The van der Waals surface area contributed by atoms with Crippen molar-refractivity contribution in [3.63, 3.8) is 0 Å². The number of carbonyl (C=O) groups is 2. The van der Waals surface area contributed by atoms with Crippen LogP contribution in [0.2, 0.25) is 0 Å². The Bertz CT molecular complexity index is 1160. The highest BCUT2D eigenvalue weighted by Crippen LogP contribution is 2.40. The van der Waals surface area contributed by atoms with E-state index in [1.54, 1.807) is 37.3 Å². The lowest BCUT2D eigenvalue weighted by atomic mass is 9.84. The van der Waals surface area contributed by atoms with E-state index < -0.39 is 0 Å². The Labute approximate surface area is 223 Å². The summed E-state index contributed by atoms with van der Waals surface area (Å²) in [6.07, 6.45) is 0. The number of benzene rings is 2. The van der Waals surface area contributed by atoms with Crippen molar-refractivity contribution < 1.29 is 23.8 Å². The van der Waals surface area contributed by atoms with Gasteiger partial charge in [0.2, 0.25) is 0 Å². The summed E-state index contributed by atoms with van der Waals surface area (Å²) in [6.45, 7) is 11.2. The van der Waals surface area contributed by atoms with Crippen molar-refractivity contribution in [3.8, 4) is 17.2 Å². The quantitative estimate of drug-likeness (QED) is 0.428. The van der Waals surface area contributed by atoms with Gasteiger partial charge in [0.05, 0.1) is 32.4 Å². The second-order valence-electron chi connectivity index (χ2n) is 9.38. The molecule has 0 fully saturated rings. The predicted molar refractivity (Wildman–Crippen MR) is 146 cm³/mol. The van der Waals surface area contributed by atoms with Gasteiger partial charge in [0.15, 0.2) is 17.3 Å². The fourth-order valence-electron chi connectivity index (χ4n) is 4.21. The summed E-state index contributed by atoms with van der Waals surface area (Å²) in [6, 6.07) is 7.03. The predicted octanol–water partition coefficient (Wildman–Crippen LogP) is 4.75. The molecule has 0 bridgehead atoms. The molecule has 9 heteroatoms. The molecule has 2 N–H and O–H groups in total. The van der Waals surface area contributed by atoms with Gasteiger partial charge in [-0.05, 0) is 49.1 Å². The summed E-state index contributed by atoms with van der Waals surface area (Å²) >= 11 is 0. The van der Waals surface area contributed by atoms with Crippen molar-refractivity contribution in [1.29, 1.82) is 5.41 Å². The van der Waals surface area contributed by atoms with Gasteiger partial charge in [-0.2, -0.15) is 0 Å². The number of carbonyl (C=O) groups excluding carboxylic acids is 2. The van der Waals surface area contributed by atoms with E-state index in [0.29, 0.717) is 53.7 Å². The number of Topliss-reactive ketones (excluding diaryl/α,β-unsaturated/α-hetero) is 1. The Kier molecular flexibility index (Phi) is 9.54. The Morgan fingerprint density at radius 1 is 1.06 bits per heavy atom. The Balaban J connectivity index is 0.00000456. The summed E-state index contributed by atoms with van der Waals surface area (Å²) in [7, 11) is 3.15. The largest absolute Gasteiger partial charge is 0.493 e. The second kappa shape index (κ2) is 11.8. The number of hydrogen-bond donors (Lipinski definition) is 2. The molecule has 2 aromatic carbocycles. The molecule has 1 aliphatic rings. The van der Waals surface area contributed by atoms with Crippen molar-refractivity contribution in [1.82, 2.24) is 10.2 Å². The van der Waals surface area contributed by atoms with E-state index in [4.69, 9.17) is 19.6 Å². The zero-order valence-electron chi connectivity index (χ0n) is 22.0. The van der Waals surface area contributed by atoms with E-state index in [0.717, 1.165) is 11.1 Å². The van der Waals surface area contributed by atoms with Crippen LogP contribution in [-0.2, 0) is 12.0 Å². The fraction of sp³-hybridized carbons (Fsp3) is 0.444. The van der Waals surface area contributed by atoms with Crippen molar-refractivity contribution in [2.24, 2.45) is 0 Å². The summed E-state index contributed by atoms with van der Waals surface area (Å²) < 4.78 is 17.1. The molecule has 0 radical (unpaired) electrons. The van der Waals surface area contributed by atoms with Crippen LogP contribution in [0, 0.1) is 5.41 Å². The molecule has 36 heavy (non-hydrogen) atoms. The van der Waals surface area contributed by atoms with Crippen LogP contribution in [0.3, 0.4) is 0 Å². The van der Waals surface area contributed by atoms with E-state index in [1.165, 1.54) is 0 Å². The minimum Gasteiger partial charge on any atom is -0.493 e. The Morgan fingerprint density at radius 2 is 1.69 bits per heavy atom. The van der Waals surface area contributed by atoms with E-state index in [1.807, 2.05) is 19.9 Å². The number of rotatable bonds is 9. The van der Waals surface area contributed by atoms with Crippen LogP contribution in [0.4, 0.5) is 0 Å². The minimum absolute atomic E-state index is 0. The molecule has 2 aromatic rings. The maximum atomic E-state index is 13.4. The molecule has 0 atom stereocenters. The van der Waals surface area contributed by atoms with E-state index >= 15 is 0 Å². The summed E-state index contributed by atoms with van der Waals surface area (Å²) in [5.74, 6) is 1.42. The first-order valence-corrected chi connectivity index (χ1v) is 11.8. The van der Waals surface area contributed by atoms with Crippen LogP contribution in [0.1, 0.15) is 72.0 Å². The van der Waals surface area contributed by atoms with Crippen molar-refractivity contribution >= 4 is 34.5 Å². The Morgan fingerprint density at radius 3 is 2.25 bits per heavy atom. The zero-order chi connectivity index (χ0) is 25.9. The maximum absolute atomic E-state index is 13.4. The SMILES string of the molecule is Br.CCOc1cc2c(cc1C(=O)NC)C(=N)N(CC(=O)c1cc(OCC)c(OC)c(C(C)(C)C)c1)C2. The van der Waals surface area contributed by atoms with E-state index in [-0.39, 0.29) is 46.5 Å². The smallest absolute Gasteiger partial charge is 0.254 e. The van der Waals surface area contributed by atoms with Gasteiger partial charge in [0.25, 0.3) is 5.91 Å². The van der Waals surface area contributed by atoms with Crippen LogP contribution in [0.15, 0.2) is 24.3 Å². The number of amides is 1. The zero-order valence-corrected chi connectivity index (χ0v) is 23.7. The fourth-order valence-corrected chi connectivity index (χ4v) is 4.21. The summed E-state index contributed by atoms with van der Waals surface area (Å²) in [5, 5.41) is 11.3. The minimum atomic E-state index is -0.282. The van der Waals surface area contributed by atoms with Crippen molar-refractivity contribution in [3.05, 3.63) is 52.1 Å². The van der Waals surface area contributed by atoms with Gasteiger partial charge in [-0.3, -0.25) is 15.0 Å². The molecule has 0 spiro atoms. The summed E-state index contributed by atoms with van der Waals surface area (Å²) in [4.78, 5) is 27.5. The summed E-state index contributed by atoms with van der Waals surface area (Å²) in [5.41, 5.74) is 2.96. The number of ketones is 1. The highest BCUT2D eigenvalue weighted by Gasteiger charge is 2.30. The molecule has 1 amide bonds. The van der Waals surface area contributed by atoms with Gasteiger partial charge in [-0.1, -0.05) is 20.8 Å². The number of amidine groups is 1. The highest BCUT2D eigenvalue weighted by molar-refractivity contribution is 8.93. The molecule has 0 saturated carbocycles. The van der Waals surface area contributed by atoms with Crippen LogP contribution in [0.25, 0.3) is 0 Å². The molecule has 0 aliphatic carbocycles. The number of nitrogens with zero attached hydrogens (tertiary/aromatic N) is 1. The topological polar surface area (TPSA) is 101 Å². The average molecular weight is 563 g/mol. The molecule has 3 rings (SSSR count). The molecule has 0 unspecified atom stereocenters. The first-order valence-electron chi connectivity index (χ1n) is 11.8. The number of nitrogens with one attached hydrogen (secondary N) is 2. The van der Waals surface area contributed by atoms with Gasteiger partial charge in [0.1, 0.15) is 11.6 Å². The van der Waals surface area contributed by atoms with Crippen LogP contribution >= 0.6 is 17.0 Å². The molecule has 0 saturated heterocycles. The molecule has 1 heterocycles. The van der Waals surface area contributed by atoms with Gasteiger partial charge in [-0.25, -0.2) is 0 Å². The first-order chi connectivity index (χ1) is 16.5. The van der Waals surface area contributed by atoms with Gasteiger partial charge >= 0.3 is 0 Å². The van der Waals surface area contributed by atoms with Crippen LogP contribution in [-0.4, -0.2) is 56.3 Å². The third kappa shape index (κ3) is 5.83. The number of fused-ring (bicyclic) bond motifs is 1. The molecular weight excluding hydrogens is 526 g/mol. The average Bonchev–Trinajstić information content (AvgIpc) is 3.11. The normalized spacial score (nSPS) is 12.5. The number of ether oxygens (including phenoxy) is 3. The molecule has 8 nitrogen and oxygen atoms in total. The third-order valence-electron chi connectivity index (χ3n) is 5.93. The van der Waals surface area contributed by atoms with E-state index in [2.05, 4.69) is 26.1 Å². The molecular formula is C27H36BrN3O5. The number of methoxy groups -OCH3 is 1. The molecule has 0 aromatic heterocycles.